The van der Waals surface area contributed by atoms with E-state index in [1.54, 1.807) is 17.4 Å². The molecule has 2 aliphatic rings. The summed E-state index contributed by atoms with van der Waals surface area (Å²) in [6, 6.07) is 3.29. The van der Waals surface area contributed by atoms with Crippen molar-refractivity contribution >= 4 is 16.9 Å². The Kier molecular flexibility index (Phi) is 3.32. The molecular weight excluding hydrogens is 278 g/mol. The highest BCUT2D eigenvalue weighted by Gasteiger charge is 2.50. The first-order valence-electron chi connectivity index (χ1n) is 6.35. The molecule has 6 nitrogen and oxygen atoms in total. The summed E-state index contributed by atoms with van der Waals surface area (Å²) in [7, 11) is 0. The summed E-state index contributed by atoms with van der Waals surface area (Å²) >= 11 is 1.58. The average Bonchev–Trinajstić information content (AvgIpc) is 3.00. The molecule has 1 N–H and O–H groups in total. The SMILES string of the molecule is CC1(C)O[C@H]2[C@H](O)[C@@H](N=[N+]=[N-])C=C(c3cccs3)[C@H]2O1. The van der Waals surface area contributed by atoms with Crippen molar-refractivity contribution in [1.29, 1.82) is 0 Å². The third kappa shape index (κ3) is 2.24. The topological polar surface area (TPSA) is 87.5 Å². The van der Waals surface area contributed by atoms with Crippen molar-refractivity contribution in [2.24, 2.45) is 5.11 Å². The van der Waals surface area contributed by atoms with Crippen LogP contribution < -0.4 is 0 Å². The van der Waals surface area contributed by atoms with E-state index >= 15 is 0 Å². The van der Waals surface area contributed by atoms with E-state index in [0.29, 0.717) is 0 Å². The molecule has 106 valence electrons. The van der Waals surface area contributed by atoms with Gasteiger partial charge in [-0.3, -0.25) is 0 Å². The number of azide groups is 1. The molecule has 0 radical (unpaired) electrons. The van der Waals surface area contributed by atoms with Crippen LogP contribution in [0, 0.1) is 0 Å². The molecule has 1 fully saturated rings. The molecule has 1 aromatic rings. The number of rotatable bonds is 2. The van der Waals surface area contributed by atoms with Crippen molar-refractivity contribution in [2.75, 3.05) is 0 Å². The van der Waals surface area contributed by atoms with Crippen LogP contribution in [-0.4, -0.2) is 35.2 Å². The zero-order valence-corrected chi connectivity index (χ0v) is 11.9. The van der Waals surface area contributed by atoms with Gasteiger partial charge in [0.15, 0.2) is 5.79 Å². The molecule has 1 saturated heterocycles. The van der Waals surface area contributed by atoms with E-state index < -0.39 is 24.0 Å². The summed E-state index contributed by atoms with van der Waals surface area (Å²) < 4.78 is 11.7. The van der Waals surface area contributed by atoms with Gasteiger partial charge in [0.05, 0.1) is 12.1 Å². The van der Waals surface area contributed by atoms with Crippen molar-refractivity contribution in [2.45, 2.75) is 44.0 Å². The van der Waals surface area contributed by atoms with Gasteiger partial charge >= 0.3 is 0 Å². The minimum absolute atomic E-state index is 0.344. The zero-order chi connectivity index (χ0) is 14.3. The summed E-state index contributed by atoms with van der Waals surface area (Å²) in [4.78, 5) is 3.84. The first kappa shape index (κ1) is 13.6. The van der Waals surface area contributed by atoms with E-state index in [4.69, 9.17) is 15.0 Å². The van der Waals surface area contributed by atoms with Gasteiger partial charge in [0.1, 0.15) is 12.2 Å². The largest absolute Gasteiger partial charge is 0.390 e. The van der Waals surface area contributed by atoms with Crippen LogP contribution in [0.3, 0.4) is 0 Å². The van der Waals surface area contributed by atoms with Gasteiger partial charge in [0, 0.05) is 9.79 Å². The molecule has 0 saturated carbocycles. The van der Waals surface area contributed by atoms with Crippen LogP contribution in [0.25, 0.3) is 16.0 Å². The standard InChI is InChI=1S/C13H15N3O3S/c1-13(2)18-11-7(9-4-3-5-20-9)6-8(15-16-14)10(17)12(11)19-13/h3-6,8,10-12,17H,1-2H3/t8-,10+,11+,12-/m0/s1. The van der Waals surface area contributed by atoms with E-state index in [9.17, 15) is 5.11 Å². The normalized spacial score (nSPS) is 35.0. The maximum atomic E-state index is 10.3. The third-order valence-electron chi connectivity index (χ3n) is 3.46. The van der Waals surface area contributed by atoms with Gasteiger partial charge in [-0.15, -0.1) is 11.3 Å². The Balaban J connectivity index is 2.05. The first-order valence-corrected chi connectivity index (χ1v) is 7.23. The molecule has 0 spiro atoms. The minimum Gasteiger partial charge on any atom is -0.390 e. The Morgan fingerprint density at radius 3 is 2.90 bits per heavy atom. The Bertz CT molecular complexity index is 578. The molecule has 7 heteroatoms. The molecule has 20 heavy (non-hydrogen) atoms. The van der Waals surface area contributed by atoms with Crippen molar-refractivity contribution < 1.29 is 14.6 Å². The fraction of sp³-hybridized carbons (Fsp3) is 0.538. The van der Waals surface area contributed by atoms with Crippen LogP contribution in [0.15, 0.2) is 28.7 Å². The second kappa shape index (κ2) is 4.87. The number of fused-ring (bicyclic) bond motifs is 1. The molecule has 0 amide bonds. The van der Waals surface area contributed by atoms with E-state index in [2.05, 4.69) is 10.0 Å². The Hall–Kier alpha value is -1.37. The van der Waals surface area contributed by atoms with Crippen LogP contribution >= 0.6 is 11.3 Å². The third-order valence-corrected chi connectivity index (χ3v) is 4.38. The van der Waals surface area contributed by atoms with E-state index in [-0.39, 0.29) is 6.10 Å². The van der Waals surface area contributed by atoms with Crippen LogP contribution in [-0.2, 0) is 9.47 Å². The molecule has 0 unspecified atom stereocenters. The van der Waals surface area contributed by atoms with Gasteiger partial charge in [-0.2, -0.15) is 0 Å². The highest BCUT2D eigenvalue weighted by atomic mass is 32.1. The highest BCUT2D eigenvalue weighted by molar-refractivity contribution is 7.11. The lowest BCUT2D eigenvalue weighted by Crippen LogP contribution is -2.45. The van der Waals surface area contributed by atoms with E-state index in [1.165, 1.54) is 0 Å². The number of thiophene rings is 1. The van der Waals surface area contributed by atoms with Gasteiger partial charge in [0.25, 0.3) is 0 Å². The van der Waals surface area contributed by atoms with Gasteiger partial charge in [-0.1, -0.05) is 17.3 Å². The van der Waals surface area contributed by atoms with Crippen molar-refractivity contribution in [3.05, 3.63) is 38.9 Å². The van der Waals surface area contributed by atoms with Crippen LogP contribution in [0.5, 0.6) is 0 Å². The molecule has 1 aliphatic carbocycles. The summed E-state index contributed by atoms with van der Waals surface area (Å²) in [5, 5.41) is 15.9. The number of aliphatic hydroxyl groups is 1. The fourth-order valence-electron chi connectivity index (χ4n) is 2.68. The molecule has 1 aliphatic heterocycles. The molecule has 1 aromatic heterocycles. The average molecular weight is 293 g/mol. The van der Waals surface area contributed by atoms with Crippen molar-refractivity contribution in [3.63, 3.8) is 0 Å². The number of hydrogen-bond donors (Lipinski definition) is 1. The lowest BCUT2D eigenvalue weighted by molar-refractivity contribution is -0.152. The Morgan fingerprint density at radius 2 is 2.25 bits per heavy atom. The number of hydrogen-bond acceptors (Lipinski definition) is 5. The van der Waals surface area contributed by atoms with Gasteiger partial charge in [-0.05, 0) is 36.4 Å². The van der Waals surface area contributed by atoms with Crippen LogP contribution in [0.4, 0.5) is 0 Å². The Morgan fingerprint density at radius 1 is 1.45 bits per heavy atom. The number of nitrogens with zero attached hydrogens (tertiary/aromatic N) is 3. The fourth-order valence-corrected chi connectivity index (χ4v) is 3.46. The maximum Gasteiger partial charge on any atom is 0.164 e. The predicted octanol–water partition coefficient (Wildman–Crippen LogP) is 2.71. The monoisotopic (exact) mass is 293 g/mol. The van der Waals surface area contributed by atoms with Crippen LogP contribution in [0.2, 0.25) is 0 Å². The molecule has 3 rings (SSSR count). The molecule has 2 heterocycles. The van der Waals surface area contributed by atoms with Gasteiger partial charge in [-0.25, -0.2) is 0 Å². The lowest BCUT2D eigenvalue weighted by Gasteiger charge is -2.31. The van der Waals surface area contributed by atoms with E-state index in [1.807, 2.05) is 31.4 Å². The zero-order valence-electron chi connectivity index (χ0n) is 11.1. The smallest absolute Gasteiger partial charge is 0.164 e. The molecular formula is C13H15N3O3S. The highest BCUT2D eigenvalue weighted by Crippen LogP contribution is 2.42. The lowest BCUT2D eigenvalue weighted by atomic mass is 9.88. The van der Waals surface area contributed by atoms with Crippen molar-refractivity contribution in [3.8, 4) is 0 Å². The van der Waals surface area contributed by atoms with E-state index in [0.717, 1.165) is 10.5 Å². The van der Waals surface area contributed by atoms with Crippen LogP contribution in [0.1, 0.15) is 18.7 Å². The Labute approximate surface area is 120 Å². The van der Waals surface area contributed by atoms with Gasteiger partial charge < -0.3 is 14.6 Å². The maximum absolute atomic E-state index is 10.3. The second-order valence-corrected chi connectivity index (χ2v) is 6.25. The quantitative estimate of drug-likeness (QED) is 0.516. The predicted molar refractivity (Wildman–Crippen MR) is 75.1 cm³/mol. The molecule has 0 bridgehead atoms. The summed E-state index contributed by atoms with van der Waals surface area (Å²) in [5.74, 6) is -0.766. The first-order chi connectivity index (χ1) is 9.52. The molecule has 0 aromatic carbocycles. The molecule has 4 atom stereocenters. The number of aliphatic hydroxyl groups excluding tert-OH is 1. The van der Waals surface area contributed by atoms with Gasteiger partial charge in [0.2, 0.25) is 0 Å². The van der Waals surface area contributed by atoms with Crippen molar-refractivity contribution in [1.82, 2.24) is 0 Å². The number of ether oxygens (including phenoxy) is 2. The minimum atomic E-state index is -0.901. The summed E-state index contributed by atoms with van der Waals surface area (Å²) in [6.07, 6.45) is 0.00933. The second-order valence-electron chi connectivity index (χ2n) is 5.31. The summed E-state index contributed by atoms with van der Waals surface area (Å²) in [5.41, 5.74) is 9.56. The summed E-state index contributed by atoms with van der Waals surface area (Å²) in [6.45, 7) is 3.62.